The van der Waals surface area contributed by atoms with Gasteiger partial charge in [0.15, 0.2) is 6.29 Å². The Morgan fingerprint density at radius 2 is 1.82 bits per heavy atom. The van der Waals surface area contributed by atoms with Crippen molar-refractivity contribution in [2.75, 3.05) is 13.7 Å². The molecule has 5 fully saturated rings. The molecule has 2 heterocycles. The van der Waals surface area contributed by atoms with Gasteiger partial charge in [0.05, 0.1) is 34.9 Å². The largest absolute Gasteiger partial charge is 0.481 e. The van der Waals surface area contributed by atoms with Gasteiger partial charge in [0.1, 0.15) is 12.7 Å². The van der Waals surface area contributed by atoms with Crippen LogP contribution in [0, 0.1) is 28.6 Å². The minimum absolute atomic E-state index is 0.0117. The van der Waals surface area contributed by atoms with Crippen molar-refractivity contribution < 1.29 is 49.0 Å². The van der Waals surface area contributed by atoms with Crippen molar-refractivity contribution in [1.82, 2.24) is 0 Å². The van der Waals surface area contributed by atoms with Gasteiger partial charge in [0.2, 0.25) is 0 Å². The van der Waals surface area contributed by atoms with Gasteiger partial charge in [-0.3, -0.25) is 4.79 Å². The van der Waals surface area contributed by atoms with E-state index in [1.54, 1.807) is 6.08 Å². The minimum Gasteiger partial charge on any atom is -0.481 e. The summed E-state index contributed by atoms with van der Waals surface area (Å²) in [7, 11) is 1.50. The van der Waals surface area contributed by atoms with Crippen molar-refractivity contribution in [2.45, 2.75) is 120 Å². The standard InChI is InChI=1S/C30H44O10/c1-16-12-22(31)24(37-3)25(39-16)40-18-4-10-29(26(33)34)20-5-8-27(2)19(17-13-23(32)38-15-17)7-11-30(27,36)21(20)6-9-28(29,35)14-18/h13,16,18-22,24-25,31,35-36H,4-12,14-15H2,1-3H3,(H,33,34). The van der Waals surface area contributed by atoms with Crippen LogP contribution in [0.25, 0.3) is 0 Å². The minimum atomic E-state index is -1.50. The van der Waals surface area contributed by atoms with E-state index in [2.05, 4.69) is 6.92 Å². The zero-order chi connectivity index (χ0) is 28.7. The van der Waals surface area contributed by atoms with Crippen molar-refractivity contribution in [2.24, 2.45) is 28.6 Å². The Labute approximate surface area is 235 Å². The smallest absolute Gasteiger partial charge is 0.331 e. The van der Waals surface area contributed by atoms with Crippen LogP contribution in [0.3, 0.4) is 0 Å². The Morgan fingerprint density at radius 1 is 1.07 bits per heavy atom. The summed E-state index contributed by atoms with van der Waals surface area (Å²) in [6, 6.07) is 0. The highest BCUT2D eigenvalue weighted by atomic mass is 16.7. The molecule has 0 aromatic rings. The number of hydrogen-bond donors (Lipinski definition) is 4. The molecule has 2 aliphatic heterocycles. The third kappa shape index (κ3) is 3.89. The summed E-state index contributed by atoms with van der Waals surface area (Å²) in [4.78, 5) is 25.0. The van der Waals surface area contributed by atoms with Gasteiger partial charge in [0, 0.05) is 31.4 Å². The van der Waals surface area contributed by atoms with Gasteiger partial charge in [-0.15, -0.1) is 0 Å². The number of ether oxygens (including phenoxy) is 4. The van der Waals surface area contributed by atoms with Gasteiger partial charge in [-0.1, -0.05) is 6.92 Å². The number of esters is 1. The summed E-state index contributed by atoms with van der Waals surface area (Å²) in [5.74, 6) is -1.97. The molecule has 12 unspecified atom stereocenters. The highest BCUT2D eigenvalue weighted by molar-refractivity contribution is 5.85. The van der Waals surface area contributed by atoms with E-state index in [1.807, 2.05) is 6.92 Å². The maximum absolute atomic E-state index is 13.2. The van der Waals surface area contributed by atoms with Gasteiger partial charge < -0.3 is 39.4 Å². The Morgan fingerprint density at radius 3 is 2.50 bits per heavy atom. The Kier molecular flexibility index (Phi) is 6.95. The number of aliphatic carboxylic acids is 1. The first kappa shape index (κ1) is 28.6. The Hall–Kier alpha value is -1.56. The van der Waals surface area contributed by atoms with Crippen molar-refractivity contribution >= 4 is 11.9 Å². The second-order valence-electron chi connectivity index (χ2n) is 13.7. The van der Waals surface area contributed by atoms with E-state index in [0.717, 1.165) is 12.0 Å². The molecule has 6 rings (SSSR count). The lowest BCUT2D eigenvalue weighted by atomic mass is 9.41. The van der Waals surface area contributed by atoms with Crippen LogP contribution in [-0.2, 0) is 28.5 Å². The topological polar surface area (TPSA) is 152 Å². The zero-order valence-corrected chi connectivity index (χ0v) is 23.7. The number of aliphatic hydroxyl groups is 3. The third-order valence-electron chi connectivity index (χ3n) is 12.1. The fourth-order valence-corrected chi connectivity index (χ4v) is 10.2. The second-order valence-corrected chi connectivity index (χ2v) is 13.7. The van der Waals surface area contributed by atoms with E-state index in [9.17, 15) is 30.0 Å². The first-order chi connectivity index (χ1) is 18.9. The molecule has 0 aromatic heterocycles. The fourth-order valence-electron chi connectivity index (χ4n) is 10.2. The van der Waals surface area contributed by atoms with Crippen LogP contribution in [-0.4, -0.2) is 88.0 Å². The number of methoxy groups -OCH3 is 1. The maximum atomic E-state index is 13.2. The molecule has 224 valence electrons. The van der Waals surface area contributed by atoms with E-state index < -0.39 is 52.6 Å². The summed E-state index contributed by atoms with van der Waals surface area (Å²) in [5.41, 5.74) is -3.54. The molecule has 0 bridgehead atoms. The molecular formula is C30H44O10. The summed E-state index contributed by atoms with van der Waals surface area (Å²) in [6.45, 7) is 4.21. The molecule has 0 amide bonds. The average Bonchev–Trinajstić information content (AvgIpc) is 3.42. The van der Waals surface area contributed by atoms with Crippen LogP contribution in [0.2, 0.25) is 0 Å². The lowest BCUT2D eigenvalue weighted by molar-refractivity contribution is -0.304. The SMILES string of the molecule is COC1C(O)CC(C)OC1OC1CCC2(C(=O)O)C3CCC4(C)C(C5=CC(=O)OC5)CCC4(O)C3CCC2(O)C1. The van der Waals surface area contributed by atoms with Gasteiger partial charge in [-0.25, -0.2) is 4.79 Å². The van der Waals surface area contributed by atoms with Crippen LogP contribution < -0.4 is 0 Å². The highest BCUT2D eigenvalue weighted by Crippen LogP contribution is 2.71. The molecule has 12 atom stereocenters. The molecule has 10 nitrogen and oxygen atoms in total. The number of cyclic esters (lactones) is 1. The summed E-state index contributed by atoms with van der Waals surface area (Å²) in [6.07, 6.45) is 3.17. The molecule has 4 aliphatic carbocycles. The lowest BCUT2D eigenvalue weighted by Crippen LogP contribution is -2.70. The zero-order valence-electron chi connectivity index (χ0n) is 23.7. The lowest BCUT2D eigenvalue weighted by Gasteiger charge is -2.65. The molecule has 4 N–H and O–H groups in total. The highest BCUT2D eigenvalue weighted by Gasteiger charge is 2.73. The van der Waals surface area contributed by atoms with Crippen LogP contribution in [0.4, 0.5) is 0 Å². The van der Waals surface area contributed by atoms with E-state index in [0.29, 0.717) is 38.5 Å². The number of carbonyl (C=O) groups excluding carboxylic acids is 1. The Balaban J connectivity index is 1.26. The molecular weight excluding hydrogens is 520 g/mol. The Bertz CT molecular complexity index is 1080. The summed E-state index contributed by atoms with van der Waals surface area (Å²) in [5, 5.41) is 45.9. The molecule has 0 spiro atoms. The van der Waals surface area contributed by atoms with Gasteiger partial charge >= 0.3 is 11.9 Å². The van der Waals surface area contributed by atoms with Gasteiger partial charge in [-0.2, -0.15) is 0 Å². The molecule has 4 saturated carbocycles. The van der Waals surface area contributed by atoms with Crippen LogP contribution in [0.1, 0.15) is 78.1 Å². The van der Waals surface area contributed by atoms with Crippen LogP contribution >= 0.6 is 0 Å². The normalized spacial score (nSPS) is 52.2. The quantitative estimate of drug-likeness (QED) is 0.289. The number of rotatable bonds is 5. The van der Waals surface area contributed by atoms with E-state index in [4.69, 9.17) is 18.9 Å². The average molecular weight is 565 g/mol. The number of aliphatic hydroxyl groups excluding tert-OH is 1. The first-order valence-electron chi connectivity index (χ1n) is 15.0. The van der Waals surface area contributed by atoms with Crippen molar-refractivity contribution in [1.29, 1.82) is 0 Å². The molecule has 1 saturated heterocycles. The number of carbonyl (C=O) groups is 2. The number of carboxylic acids is 1. The summed E-state index contributed by atoms with van der Waals surface area (Å²) >= 11 is 0. The van der Waals surface area contributed by atoms with Crippen molar-refractivity contribution in [3.05, 3.63) is 11.6 Å². The number of fused-ring (bicyclic) bond motifs is 5. The molecule has 40 heavy (non-hydrogen) atoms. The first-order valence-corrected chi connectivity index (χ1v) is 15.0. The molecule has 0 aromatic carbocycles. The van der Waals surface area contributed by atoms with Gasteiger partial charge in [-0.05, 0) is 81.6 Å². The van der Waals surface area contributed by atoms with Crippen molar-refractivity contribution in [3.8, 4) is 0 Å². The molecule has 6 aliphatic rings. The predicted octanol–water partition coefficient (Wildman–Crippen LogP) is 2.32. The van der Waals surface area contributed by atoms with E-state index >= 15 is 0 Å². The predicted molar refractivity (Wildman–Crippen MR) is 140 cm³/mol. The van der Waals surface area contributed by atoms with Crippen LogP contribution in [0.15, 0.2) is 11.6 Å². The van der Waals surface area contributed by atoms with Gasteiger partial charge in [0.25, 0.3) is 0 Å². The third-order valence-corrected chi connectivity index (χ3v) is 12.1. The van der Waals surface area contributed by atoms with Crippen LogP contribution in [0.5, 0.6) is 0 Å². The molecule has 0 radical (unpaired) electrons. The molecule has 10 heteroatoms. The number of carboxylic acid groups (broad SMARTS) is 1. The van der Waals surface area contributed by atoms with E-state index in [1.165, 1.54) is 7.11 Å². The maximum Gasteiger partial charge on any atom is 0.331 e. The van der Waals surface area contributed by atoms with E-state index in [-0.39, 0.29) is 55.7 Å². The van der Waals surface area contributed by atoms with Crippen molar-refractivity contribution in [3.63, 3.8) is 0 Å². The monoisotopic (exact) mass is 564 g/mol. The fraction of sp³-hybridized carbons (Fsp3) is 0.867. The second kappa shape index (κ2) is 9.74. The number of hydrogen-bond acceptors (Lipinski definition) is 9. The summed E-state index contributed by atoms with van der Waals surface area (Å²) < 4.78 is 22.9.